The highest BCUT2D eigenvalue weighted by atomic mass is 32.2. The minimum atomic E-state index is -3.76. The topological polar surface area (TPSA) is 60.9 Å². The summed E-state index contributed by atoms with van der Waals surface area (Å²) in [5.41, 5.74) is 1.03. The van der Waals surface area contributed by atoms with Crippen LogP contribution in [-0.2, 0) is 21.4 Å². The van der Waals surface area contributed by atoms with Gasteiger partial charge in [-0.3, -0.25) is 9.69 Å². The SMILES string of the molecule is O=C([C@H]1CCCN(S(=O)(=O)c2ccc(F)cc2)C1)N1CCN(Cc2ccc(F)cc2)CC1. The van der Waals surface area contributed by atoms with E-state index in [1.807, 2.05) is 4.90 Å². The van der Waals surface area contributed by atoms with Crippen molar-refractivity contribution in [2.45, 2.75) is 24.3 Å². The first-order chi connectivity index (χ1) is 15.3. The summed E-state index contributed by atoms with van der Waals surface area (Å²) in [7, 11) is -3.76. The van der Waals surface area contributed by atoms with E-state index in [1.165, 1.54) is 28.6 Å². The molecule has 2 heterocycles. The molecule has 2 aromatic carbocycles. The van der Waals surface area contributed by atoms with Crippen molar-refractivity contribution in [3.8, 4) is 0 Å². The maximum Gasteiger partial charge on any atom is 0.243 e. The summed E-state index contributed by atoms with van der Waals surface area (Å²) in [6.07, 6.45) is 1.27. The largest absolute Gasteiger partial charge is 0.340 e. The van der Waals surface area contributed by atoms with Crippen molar-refractivity contribution in [2.75, 3.05) is 39.3 Å². The van der Waals surface area contributed by atoms with E-state index in [4.69, 9.17) is 0 Å². The van der Waals surface area contributed by atoms with E-state index in [1.54, 1.807) is 12.1 Å². The molecule has 0 N–H and O–H groups in total. The number of halogens is 2. The van der Waals surface area contributed by atoms with Crippen molar-refractivity contribution in [1.29, 1.82) is 0 Å². The quantitative estimate of drug-likeness (QED) is 0.684. The first kappa shape index (κ1) is 22.8. The standard InChI is InChI=1S/C23H27F2N3O3S/c24-20-5-3-18(4-6-20)16-26-12-14-27(15-13-26)23(29)19-2-1-11-28(17-19)32(30,31)22-9-7-21(25)8-10-22/h3-10,19H,1-2,11-17H2/t19-/m0/s1. The Labute approximate surface area is 187 Å². The lowest BCUT2D eigenvalue weighted by Crippen LogP contribution is -2.52. The molecular formula is C23H27F2N3O3S. The number of carbonyl (C=O) groups excluding carboxylic acids is 1. The fourth-order valence-electron chi connectivity index (χ4n) is 4.35. The van der Waals surface area contributed by atoms with Crippen LogP contribution < -0.4 is 0 Å². The fraction of sp³-hybridized carbons (Fsp3) is 0.435. The molecule has 2 aromatic rings. The Bertz CT molecular complexity index is 1040. The number of benzene rings is 2. The molecule has 1 atom stereocenters. The van der Waals surface area contributed by atoms with Gasteiger partial charge in [0.25, 0.3) is 0 Å². The summed E-state index contributed by atoms with van der Waals surface area (Å²) in [5.74, 6) is -1.13. The van der Waals surface area contributed by atoms with Crippen molar-refractivity contribution < 1.29 is 22.0 Å². The van der Waals surface area contributed by atoms with Gasteiger partial charge in [0.15, 0.2) is 0 Å². The minimum Gasteiger partial charge on any atom is -0.340 e. The van der Waals surface area contributed by atoms with Crippen LogP contribution in [0.3, 0.4) is 0 Å². The smallest absolute Gasteiger partial charge is 0.243 e. The van der Waals surface area contributed by atoms with Crippen molar-refractivity contribution >= 4 is 15.9 Å². The Morgan fingerprint density at radius 3 is 2.09 bits per heavy atom. The number of carbonyl (C=O) groups is 1. The zero-order chi connectivity index (χ0) is 22.7. The molecule has 0 saturated carbocycles. The van der Waals surface area contributed by atoms with Crippen LogP contribution in [0.1, 0.15) is 18.4 Å². The molecule has 6 nitrogen and oxygen atoms in total. The predicted octanol–water partition coefficient (Wildman–Crippen LogP) is 2.71. The number of piperazine rings is 1. The van der Waals surface area contributed by atoms with E-state index in [2.05, 4.69) is 4.90 Å². The molecule has 0 bridgehead atoms. The molecule has 0 aliphatic carbocycles. The first-order valence-electron chi connectivity index (χ1n) is 10.8. The summed E-state index contributed by atoms with van der Waals surface area (Å²) in [6, 6.07) is 11.2. The normalized spacial score (nSPS) is 20.9. The van der Waals surface area contributed by atoms with Gasteiger partial charge in [0.2, 0.25) is 15.9 Å². The average Bonchev–Trinajstić information content (AvgIpc) is 2.81. The van der Waals surface area contributed by atoms with Gasteiger partial charge in [0, 0.05) is 45.8 Å². The molecule has 2 saturated heterocycles. The van der Waals surface area contributed by atoms with Gasteiger partial charge in [0.05, 0.1) is 10.8 Å². The minimum absolute atomic E-state index is 0.00885. The lowest BCUT2D eigenvalue weighted by Gasteiger charge is -2.38. The highest BCUT2D eigenvalue weighted by Crippen LogP contribution is 2.25. The Morgan fingerprint density at radius 2 is 1.47 bits per heavy atom. The van der Waals surface area contributed by atoms with Gasteiger partial charge in [-0.05, 0) is 54.8 Å². The number of amides is 1. The zero-order valence-electron chi connectivity index (χ0n) is 17.8. The molecule has 172 valence electrons. The van der Waals surface area contributed by atoms with Gasteiger partial charge in [-0.25, -0.2) is 17.2 Å². The van der Waals surface area contributed by atoms with Crippen LogP contribution in [0.15, 0.2) is 53.4 Å². The van der Waals surface area contributed by atoms with E-state index in [-0.39, 0.29) is 29.1 Å². The lowest BCUT2D eigenvalue weighted by atomic mass is 9.97. The molecule has 0 radical (unpaired) electrons. The maximum absolute atomic E-state index is 13.2. The van der Waals surface area contributed by atoms with Crippen LogP contribution in [-0.4, -0.2) is 67.7 Å². The highest BCUT2D eigenvalue weighted by molar-refractivity contribution is 7.89. The molecule has 4 rings (SSSR count). The molecule has 0 spiro atoms. The number of sulfonamides is 1. The van der Waals surface area contributed by atoms with Crippen LogP contribution >= 0.6 is 0 Å². The van der Waals surface area contributed by atoms with Gasteiger partial charge < -0.3 is 4.90 Å². The van der Waals surface area contributed by atoms with Gasteiger partial charge in [-0.15, -0.1) is 0 Å². The van der Waals surface area contributed by atoms with Gasteiger partial charge in [-0.1, -0.05) is 12.1 Å². The molecule has 1 amide bonds. The number of hydrogen-bond acceptors (Lipinski definition) is 4. The van der Waals surface area contributed by atoms with E-state index in [0.29, 0.717) is 52.1 Å². The third-order valence-electron chi connectivity index (χ3n) is 6.19. The second kappa shape index (κ2) is 9.64. The van der Waals surface area contributed by atoms with Crippen LogP contribution in [0.4, 0.5) is 8.78 Å². The Morgan fingerprint density at radius 1 is 0.875 bits per heavy atom. The lowest BCUT2D eigenvalue weighted by molar-refractivity contribution is -0.138. The van der Waals surface area contributed by atoms with E-state index in [9.17, 15) is 22.0 Å². The Hall–Kier alpha value is -2.36. The van der Waals surface area contributed by atoms with Crippen LogP contribution in [0.5, 0.6) is 0 Å². The third-order valence-corrected chi connectivity index (χ3v) is 8.07. The average molecular weight is 464 g/mol. The van der Waals surface area contributed by atoms with Crippen LogP contribution in [0, 0.1) is 17.6 Å². The van der Waals surface area contributed by atoms with E-state index >= 15 is 0 Å². The Balaban J connectivity index is 1.33. The predicted molar refractivity (Wildman–Crippen MR) is 116 cm³/mol. The third kappa shape index (κ3) is 5.16. The highest BCUT2D eigenvalue weighted by Gasteiger charge is 2.35. The zero-order valence-corrected chi connectivity index (χ0v) is 18.6. The van der Waals surface area contributed by atoms with E-state index in [0.717, 1.165) is 17.7 Å². The van der Waals surface area contributed by atoms with Crippen molar-refractivity contribution in [2.24, 2.45) is 5.92 Å². The van der Waals surface area contributed by atoms with Crippen molar-refractivity contribution in [1.82, 2.24) is 14.1 Å². The number of rotatable bonds is 5. The fourth-order valence-corrected chi connectivity index (χ4v) is 5.87. The second-order valence-electron chi connectivity index (χ2n) is 8.38. The molecule has 2 aliphatic heterocycles. The summed E-state index contributed by atoms with van der Waals surface area (Å²) < 4.78 is 53.5. The molecule has 2 fully saturated rings. The summed E-state index contributed by atoms with van der Waals surface area (Å²) in [6.45, 7) is 3.81. The first-order valence-corrected chi connectivity index (χ1v) is 12.3. The second-order valence-corrected chi connectivity index (χ2v) is 10.3. The van der Waals surface area contributed by atoms with Crippen molar-refractivity contribution in [3.63, 3.8) is 0 Å². The monoisotopic (exact) mass is 463 g/mol. The Kier molecular flexibility index (Phi) is 6.88. The van der Waals surface area contributed by atoms with Crippen LogP contribution in [0.25, 0.3) is 0 Å². The number of nitrogens with zero attached hydrogens (tertiary/aromatic N) is 3. The molecule has 0 unspecified atom stereocenters. The summed E-state index contributed by atoms with van der Waals surface area (Å²) >= 11 is 0. The van der Waals surface area contributed by atoms with Gasteiger partial charge in [0.1, 0.15) is 11.6 Å². The van der Waals surface area contributed by atoms with Gasteiger partial charge >= 0.3 is 0 Å². The molecule has 2 aliphatic rings. The molecule has 32 heavy (non-hydrogen) atoms. The van der Waals surface area contributed by atoms with Crippen molar-refractivity contribution in [3.05, 3.63) is 65.7 Å². The molecule has 0 aromatic heterocycles. The van der Waals surface area contributed by atoms with Gasteiger partial charge in [-0.2, -0.15) is 4.31 Å². The number of hydrogen-bond donors (Lipinski definition) is 0. The maximum atomic E-state index is 13.2. The summed E-state index contributed by atoms with van der Waals surface area (Å²) in [5, 5.41) is 0. The van der Waals surface area contributed by atoms with E-state index < -0.39 is 15.8 Å². The molecular weight excluding hydrogens is 436 g/mol. The number of piperidine rings is 1. The molecule has 9 heteroatoms. The summed E-state index contributed by atoms with van der Waals surface area (Å²) in [4.78, 5) is 17.2. The van der Waals surface area contributed by atoms with Crippen LogP contribution in [0.2, 0.25) is 0 Å².